The predicted molar refractivity (Wildman–Crippen MR) is 139 cm³/mol. The third-order valence-corrected chi connectivity index (χ3v) is 5.84. The molecule has 7 nitrogen and oxygen atoms in total. The third kappa shape index (κ3) is 5.05. The van der Waals surface area contributed by atoms with E-state index in [1.165, 1.54) is 0 Å². The van der Waals surface area contributed by atoms with Gasteiger partial charge in [0.05, 0.1) is 12.1 Å². The monoisotopic (exact) mass is 479 g/mol. The summed E-state index contributed by atoms with van der Waals surface area (Å²) in [6.45, 7) is 2.49. The topological polar surface area (TPSA) is 85.4 Å². The molecule has 4 aromatic carbocycles. The zero-order valence-electron chi connectivity index (χ0n) is 19.8. The molecule has 1 amide bonds. The number of carbonyl (C=O) groups is 1. The van der Waals surface area contributed by atoms with Gasteiger partial charge in [-0.05, 0) is 53.6 Å². The summed E-state index contributed by atoms with van der Waals surface area (Å²) in [5.41, 5.74) is 2.12. The van der Waals surface area contributed by atoms with E-state index in [-0.39, 0.29) is 18.2 Å². The number of azo groups is 1. The van der Waals surface area contributed by atoms with Crippen molar-refractivity contribution in [3.05, 3.63) is 96.6 Å². The highest BCUT2D eigenvalue weighted by Crippen LogP contribution is 2.38. The zero-order valence-corrected chi connectivity index (χ0v) is 19.8. The number of aromatic nitrogens is 1. The maximum atomic E-state index is 12.4. The predicted octanol–water partition coefficient (Wildman–Crippen LogP) is 6.58. The minimum Gasteiger partial charge on any atom is -0.493 e. The number of fused-ring (bicyclic) bond motifs is 2. The van der Waals surface area contributed by atoms with E-state index >= 15 is 0 Å². The summed E-state index contributed by atoms with van der Waals surface area (Å²) in [5, 5.41) is 21.6. The van der Waals surface area contributed by atoms with Crippen molar-refractivity contribution in [1.29, 1.82) is 0 Å². The van der Waals surface area contributed by atoms with Gasteiger partial charge in [0.15, 0.2) is 12.3 Å². The summed E-state index contributed by atoms with van der Waals surface area (Å²) >= 11 is 0. The Morgan fingerprint density at radius 3 is 2.50 bits per heavy atom. The van der Waals surface area contributed by atoms with Crippen molar-refractivity contribution in [3.8, 4) is 17.4 Å². The van der Waals surface area contributed by atoms with Gasteiger partial charge in [0, 0.05) is 5.39 Å². The normalized spacial score (nSPS) is 11.4. The summed E-state index contributed by atoms with van der Waals surface area (Å²) in [4.78, 5) is 12.4. The van der Waals surface area contributed by atoms with Gasteiger partial charge in [-0.2, -0.15) is 0 Å². The number of hydrogen-bond acceptors (Lipinski definition) is 5. The molecule has 0 aliphatic carbocycles. The fourth-order valence-corrected chi connectivity index (χ4v) is 4.09. The minimum atomic E-state index is -0.554. The summed E-state index contributed by atoms with van der Waals surface area (Å²) in [6.07, 6.45) is 0. The highest BCUT2D eigenvalue weighted by atomic mass is 16.5. The number of amides is 1. The molecular formula is C29H25N3O4. The fraction of sp³-hybridized carbons (Fsp3) is 0.138. The Morgan fingerprint density at radius 1 is 0.861 bits per heavy atom. The standard InChI is InChI=1S/C29H25N3O4/c1-20-7-6-10-23(17-20)35-16-15-32-26-12-5-4-11-25(26)28(29(32)34)31-30-27(33)19-36-24-14-13-21-8-2-3-9-22(21)18-24/h2-14,17-18,34H,15-16,19H2,1H3. The first kappa shape index (κ1) is 23.1. The number of aryl methyl sites for hydroxylation is 1. The largest absolute Gasteiger partial charge is 0.493 e. The molecule has 0 unspecified atom stereocenters. The highest BCUT2D eigenvalue weighted by Gasteiger charge is 2.17. The van der Waals surface area contributed by atoms with Crippen molar-refractivity contribution in [1.82, 2.24) is 4.57 Å². The van der Waals surface area contributed by atoms with E-state index in [9.17, 15) is 9.90 Å². The first-order valence-electron chi connectivity index (χ1n) is 11.6. The van der Waals surface area contributed by atoms with Gasteiger partial charge >= 0.3 is 5.91 Å². The molecule has 0 bridgehead atoms. The molecule has 0 aliphatic rings. The van der Waals surface area contributed by atoms with Crippen LogP contribution in [0.15, 0.2) is 101 Å². The molecule has 36 heavy (non-hydrogen) atoms. The molecule has 0 atom stereocenters. The Kier molecular flexibility index (Phi) is 6.62. The number of ether oxygens (including phenoxy) is 2. The Bertz CT molecular complexity index is 1570. The molecule has 0 aliphatic heterocycles. The molecule has 180 valence electrons. The number of nitrogens with zero attached hydrogens (tertiary/aromatic N) is 3. The molecule has 5 aromatic rings. The summed E-state index contributed by atoms with van der Waals surface area (Å²) in [6, 6.07) is 28.8. The second-order valence-electron chi connectivity index (χ2n) is 8.40. The number of benzene rings is 4. The van der Waals surface area contributed by atoms with Crippen LogP contribution in [0.1, 0.15) is 5.56 Å². The van der Waals surface area contributed by atoms with E-state index in [2.05, 4.69) is 10.2 Å². The molecule has 0 spiro atoms. The summed E-state index contributed by atoms with van der Waals surface area (Å²) in [5.74, 6) is 0.714. The summed E-state index contributed by atoms with van der Waals surface area (Å²) in [7, 11) is 0. The lowest BCUT2D eigenvalue weighted by molar-refractivity contribution is -0.120. The van der Waals surface area contributed by atoms with E-state index < -0.39 is 5.91 Å². The van der Waals surface area contributed by atoms with Gasteiger partial charge in [-0.3, -0.25) is 4.79 Å². The van der Waals surface area contributed by atoms with E-state index in [4.69, 9.17) is 9.47 Å². The molecule has 0 fully saturated rings. The minimum absolute atomic E-state index is 0.0731. The van der Waals surface area contributed by atoms with Gasteiger partial charge in [0.25, 0.3) is 0 Å². The Balaban J connectivity index is 1.28. The van der Waals surface area contributed by atoms with Crippen LogP contribution >= 0.6 is 0 Å². The maximum Gasteiger partial charge on any atom is 0.302 e. The van der Waals surface area contributed by atoms with Crippen LogP contribution in [0, 0.1) is 6.92 Å². The molecule has 1 aromatic heterocycles. The van der Waals surface area contributed by atoms with Crippen molar-refractivity contribution >= 4 is 33.3 Å². The van der Waals surface area contributed by atoms with Gasteiger partial charge in [0.1, 0.15) is 18.1 Å². The van der Waals surface area contributed by atoms with Crippen LogP contribution in [0.3, 0.4) is 0 Å². The number of aromatic hydroxyl groups is 1. The van der Waals surface area contributed by atoms with Crippen molar-refractivity contribution in [3.63, 3.8) is 0 Å². The van der Waals surface area contributed by atoms with Crippen molar-refractivity contribution in [2.45, 2.75) is 13.5 Å². The number of hydrogen-bond donors (Lipinski definition) is 1. The molecule has 5 rings (SSSR count). The molecule has 0 radical (unpaired) electrons. The molecule has 1 N–H and O–H groups in total. The smallest absolute Gasteiger partial charge is 0.302 e. The SMILES string of the molecule is Cc1cccc(OCCn2c(O)c(N=NC(=O)COc3ccc4ccccc4c3)c3ccccc32)c1. The van der Waals surface area contributed by atoms with Crippen LogP contribution in [0.2, 0.25) is 0 Å². The Hall–Kier alpha value is -4.65. The lowest BCUT2D eigenvalue weighted by Crippen LogP contribution is -2.08. The lowest BCUT2D eigenvalue weighted by Gasteiger charge is -2.09. The van der Waals surface area contributed by atoms with E-state index in [1.807, 2.05) is 97.9 Å². The number of para-hydroxylation sites is 1. The van der Waals surface area contributed by atoms with Crippen LogP contribution in [-0.4, -0.2) is 28.8 Å². The number of rotatable bonds is 8. The van der Waals surface area contributed by atoms with Crippen LogP contribution in [-0.2, 0) is 11.3 Å². The average Bonchev–Trinajstić information content (AvgIpc) is 3.16. The van der Waals surface area contributed by atoms with Gasteiger partial charge in [-0.15, -0.1) is 10.2 Å². The lowest BCUT2D eigenvalue weighted by atomic mass is 10.1. The van der Waals surface area contributed by atoms with Crippen molar-refractivity contribution in [2.24, 2.45) is 10.2 Å². The van der Waals surface area contributed by atoms with E-state index in [0.29, 0.717) is 24.3 Å². The highest BCUT2D eigenvalue weighted by molar-refractivity contribution is 5.95. The quantitative estimate of drug-likeness (QED) is 0.255. The maximum absolute atomic E-state index is 12.4. The second-order valence-corrected chi connectivity index (χ2v) is 8.40. The van der Waals surface area contributed by atoms with Crippen LogP contribution in [0.4, 0.5) is 5.69 Å². The Labute approximate surface area is 208 Å². The first-order chi connectivity index (χ1) is 17.6. The van der Waals surface area contributed by atoms with Gasteiger partial charge in [0.2, 0.25) is 5.88 Å². The molecule has 7 heteroatoms. The third-order valence-electron chi connectivity index (χ3n) is 5.84. The van der Waals surface area contributed by atoms with E-state index in [1.54, 1.807) is 4.57 Å². The average molecular weight is 480 g/mol. The van der Waals surface area contributed by atoms with Gasteiger partial charge in [-0.1, -0.05) is 60.7 Å². The summed E-state index contributed by atoms with van der Waals surface area (Å²) < 4.78 is 13.2. The molecule has 0 saturated carbocycles. The number of carbonyl (C=O) groups excluding carboxylic acids is 1. The first-order valence-corrected chi connectivity index (χ1v) is 11.6. The van der Waals surface area contributed by atoms with Crippen molar-refractivity contribution in [2.75, 3.05) is 13.2 Å². The van der Waals surface area contributed by atoms with Crippen LogP contribution in [0.5, 0.6) is 17.4 Å². The second kappa shape index (κ2) is 10.3. The van der Waals surface area contributed by atoms with Gasteiger partial charge in [-0.25, -0.2) is 0 Å². The zero-order chi connectivity index (χ0) is 24.9. The van der Waals surface area contributed by atoms with Gasteiger partial charge < -0.3 is 19.1 Å². The van der Waals surface area contributed by atoms with Crippen LogP contribution < -0.4 is 9.47 Å². The fourth-order valence-electron chi connectivity index (χ4n) is 4.09. The van der Waals surface area contributed by atoms with Crippen LogP contribution in [0.25, 0.3) is 21.7 Å². The molecule has 0 saturated heterocycles. The van der Waals surface area contributed by atoms with Crippen molar-refractivity contribution < 1.29 is 19.4 Å². The molecule has 1 heterocycles. The molecular weight excluding hydrogens is 454 g/mol. The Morgan fingerprint density at radius 2 is 1.64 bits per heavy atom. The van der Waals surface area contributed by atoms with E-state index in [0.717, 1.165) is 27.6 Å².